The highest BCUT2D eigenvalue weighted by Gasteiger charge is 2.55. The molecule has 0 radical (unpaired) electrons. The highest BCUT2D eigenvalue weighted by molar-refractivity contribution is 5.99. The number of quaternary nitrogens is 1. The van der Waals surface area contributed by atoms with Crippen molar-refractivity contribution in [2.45, 2.75) is 45.3 Å². The predicted molar refractivity (Wildman–Crippen MR) is 123 cm³/mol. The number of nitrogens with zero attached hydrogens (tertiary/aromatic N) is 4. The number of hydrogen-bond donors (Lipinski definition) is 1. The van der Waals surface area contributed by atoms with E-state index in [2.05, 4.69) is 15.3 Å². The van der Waals surface area contributed by atoms with Crippen LogP contribution in [-0.4, -0.2) is 58.7 Å². The molecule has 0 spiro atoms. The van der Waals surface area contributed by atoms with Gasteiger partial charge >= 0.3 is 12.1 Å². The molecule has 174 valence electrons. The molecule has 1 fully saturated rings. The molecule has 8 nitrogen and oxygen atoms in total. The second-order valence-electron chi connectivity index (χ2n) is 9.12. The average Bonchev–Trinajstić information content (AvgIpc) is 3.21. The van der Waals surface area contributed by atoms with Gasteiger partial charge in [0.2, 0.25) is 12.0 Å². The number of benzene rings is 1. The standard InChI is InChI=1S/C24H29FN5O3/c1-24(2,3)33-23(31)30(18-9-12-26-13-10-18)15-28-20(16-5-7-17(25)8-6-16)21(30)19-11-14-27-22(29-19)32-4/h5-8,11,14-15,18,26H,9-10,12-13H2,1-4H3/q+1. The molecule has 2 aromatic rings. The lowest BCUT2D eigenvalue weighted by atomic mass is 9.99. The van der Waals surface area contributed by atoms with Gasteiger partial charge in [-0.25, -0.2) is 9.37 Å². The van der Waals surface area contributed by atoms with Crippen LogP contribution in [0.5, 0.6) is 6.01 Å². The Labute approximate surface area is 192 Å². The molecule has 4 rings (SSSR count). The molecule has 33 heavy (non-hydrogen) atoms. The fraction of sp³-hybridized carbons (Fsp3) is 0.417. The number of hydrogen-bond acceptors (Lipinski definition) is 7. The number of rotatable bonds is 4. The van der Waals surface area contributed by atoms with Crippen LogP contribution < -0.4 is 10.1 Å². The van der Waals surface area contributed by atoms with Crippen molar-refractivity contribution >= 4 is 23.8 Å². The van der Waals surface area contributed by atoms with Gasteiger partial charge in [-0.3, -0.25) is 0 Å². The summed E-state index contributed by atoms with van der Waals surface area (Å²) in [5.74, 6) is -0.349. The summed E-state index contributed by atoms with van der Waals surface area (Å²) in [6.07, 6.45) is 4.29. The number of halogens is 1. The maximum atomic E-state index is 13.9. The van der Waals surface area contributed by atoms with Gasteiger partial charge in [0.15, 0.2) is 0 Å². The molecule has 0 aliphatic carbocycles. The normalized spacial score (nSPS) is 21.4. The lowest BCUT2D eigenvalue weighted by Crippen LogP contribution is -2.59. The molecule has 1 amide bonds. The van der Waals surface area contributed by atoms with Crippen LogP contribution in [-0.2, 0) is 4.74 Å². The monoisotopic (exact) mass is 454 g/mol. The van der Waals surface area contributed by atoms with Crippen LogP contribution in [0.1, 0.15) is 44.9 Å². The summed E-state index contributed by atoms with van der Waals surface area (Å²) in [5, 5.41) is 3.35. The predicted octanol–water partition coefficient (Wildman–Crippen LogP) is 4.00. The van der Waals surface area contributed by atoms with E-state index in [1.54, 1.807) is 30.7 Å². The summed E-state index contributed by atoms with van der Waals surface area (Å²) < 4.78 is 24.6. The molecule has 1 unspecified atom stereocenters. The fourth-order valence-corrected chi connectivity index (χ4v) is 4.26. The van der Waals surface area contributed by atoms with Crippen molar-refractivity contribution in [2.75, 3.05) is 20.2 Å². The molecule has 2 aliphatic heterocycles. The van der Waals surface area contributed by atoms with Crippen molar-refractivity contribution in [3.63, 3.8) is 0 Å². The highest BCUT2D eigenvalue weighted by atomic mass is 19.1. The molecular formula is C24H29FN5O3+. The first-order valence-corrected chi connectivity index (χ1v) is 11.0. The van der Waals surface area contributed by atoms with Gasteiger partial charge in [0.1, 0.15) is 28.9 Å². The number of amides is 1. The van der Waals surface area contributed by atoms with Crippen LogP contribution in [0.4, 0.5) is 9.18 Å². The summed E-state index contributed by atoms with van der Waals surface area (Å²) in [6.45, 7) is 7.07. The lowest BCUT2D eigenvalue weighted by Gasteiger charge is -2.39. The zero-order valence-corrected chi connectivity index (χ0v) is 19.3. The molecule has 0 saturated carbocycles. The number of ether oxygens (including phenoxy) is 2. The first-order chi connectivity index (χ1) is 15.7. The Morgan fingerprint density at radius 2 is 1.85 bits per heavy atom. The number of methoxy groups -OCH3 is 1. The highest BCUT2D eigenvalue weighted by Crippen LogP contribution is 2.44. The molecule has 1 aromatic carbocycles. The van der Waals surface area contributed by atoms with Gasteiger partial charge in [-0.1, -0.05) is 0 Å². The van der Waals surface area contributed by atoms with Gasteiger partial charge in [0.25, 0.3) is 0 Å². The Balaban J connectivity index is 1.97. The molecule has 2 aliphatic rings. The van der Waals surface area contributed by atoms with Crippen LogP contribution in [0.25, 0.3) is 11.4 Å². The minimum Gasteiger partial charge on any atom is -0.467 e. The maximum Gasteiger partial charge on any atom is 0.528 e. The van der Waals surface area contributed by atoms with E-state index in [-0.39, 0.29) is 22.4 Å². The topological polar surface area (TPSA) is 85.7 Å². The van der Waals surface area contributed by atoms with E-state index in [0.717, 1.165) is 25.9 Å². The third-order valence-electron chi connectivity index (χ3n) is 5.72. The second kappa shape index (κ2) is 8.99. The van der Waals surface area contributed by atoms with Gasteiger partial charge in [0, 0.05) is 37.7 Å². The Morgan fingerprint density at radius 1 is 1.15 bits per heavy atom. The van der Waals surface area contributed by atoms with Crippen molar-refractivity contribution in [2.24, 2.45) is 4.99 Å². The minimum absolute atomic E-state index is 0.112. The summed E-state index contributed by atoms with van der Waals surface area (Å²) in [7, 11) is 1.49. The van der Waals surface area contributed by atoms with E-state index in [4.69, 9.17) is 14.5 Å². The Kier molecular flexibility index (Phi) is 6.27. The number of carbonyl (C=O) groups excluding carboxylic acids is 1. The largest absolute Gasteiger partial charge is 0.528 e. The first-order valence-electron chi connectivity index (χ1n) is 11.0. The Morgan fingerprint density at radius 3 is 2.48 bits per heavy atom. The average molecular weight is 455 g/mol. The van der Waals surface area contributed by atoms with Crippen molar-refractivity contribution in [3.05, 3.63) is 53.6 Å². The molecule has 3 heterocycles. The van der Waals surface area contributed by atoms with Crippen molar-refractivity contribution in [3.8, 4) is 6.01 Å². The summed E-state index contributed by atoms with van der Waals surface area (Å²) in [5.41, 5.74) is 1.60. The van der Waals surface area contributed by atoms with Crippen LogP contribution in [0.2, 0.25) is 0 Å². The van der Waals surface area contributed by atoms with Gasteiger partial charge in [0.05, 0.1) is 7.11 Å². The van der Waals surface area contributed by atoms with E-state index >= 15 is 0 Å². The van der Waals surface area contributed by atoms with Crippen LogP contribution in [0.3, 0.4) is 0 Å². The fourth-order valence-electron chi connectivity index (χ4n) is 4.26. The summed E-state index contributed by atoms with van der Waals surface area (Å²) in [4.78, 5) is 27.3. The Hall–Kier alpha value is -3.17. The van der Waals surface area contributed by atoms with Crippen molar-refractivity contribution in [1.82, 2.24) is 15.3 Å². The SMILES string of the molecule is COc1nccc(C2=C(c3ccc(F)cc3)N=C[N+]2(C(=O)OC(C)(C)C)C2CCNCC2)n1. The molecular weight excluding hydrogens is 425 g/mol. The number of nitrogens with one attached hydrogen (secondary N) is 1. The van der Waals surface area contributed by atoms with E-state index in [0.29, 0.717) is 22.7 Å². The molecule has 0 bridgehead atoms. The Bertz CT molecular complexity index is 1090. The number of piperidine rings is 1. The van der Waals surface area contributed by atoms with E-state index in [1.165, 1.54) is 19.2 Å². The van der Waals surface area contributed by atoms with Gasteiger partial charge in [-0.2, -0.15) is 14.8 Å². The number of carbonyl (C=O) groups is 1. The number of aromatic nitrogens is 2. The second-order valence-corrected chi connectivity index (χ2v) is 9.12. The maximum absolute atomic E-state index is 13.9. The summed E-state index contributed by atoms with van der Waals surface area (Å²) in [6, 6.07) is 7.85. The van der Waals surface area contributed by atoms with Crippen molar-refractivity contribution in [1.29, 1.82) is 0 Å². The van der Waals surface area contributed by atoms with Gasteiger partial charge < -0.3 is 14.8 Å². The van der Waals surface area contributed by atoms with E-state index in [9.17, 15) is 9.18 Å². The van der Waals surface area contributed by atoms with Crippen molar-refractivity contribution < 1.29 is 23.1 Å². The molecule has 9 heteroatoms. The molecule has 1 N–H and O–H groups in total. The van der Waals surface area contributed by atoms with Gasteiger partial charge in [-0.05, 0) is 51.1 Å². The minimum atomic E-state index is -0.698. The van der Waals surface area contributed by atoms with Crippen LogP contribution in [0.15, 0.2) is 41.5 Å². The van der Waals surface area contributed by atoms with Crippen LogP contribution >= 0.6 is 0 Å². The molecule has 1 atom stereocenters. The summed E-state index contributed by atoms with van der Waals surface area (Å²) >= 11 is 0. The van der Waals surface area contributed by atoms with E-state index in [1.807, 2.05) is 20.8 Å². The third kappa shape index (κ3) is 4.51. The quantitative estimate of drug-likeness (QED) is 0.703. The smallest absolute Gasteiger partial charge is 0.467 e. The third-order valence-corrected chi connectivity index (χ3v) is 5.72. The molecule has 1 saturated heterocycles. The van der Waals surface area contributed by atoms with Gasteiger partial charge in [-0.15, -0.1) is 4.48 Å². The van der Waals surface area contributed by atoms with E-state index < -0.39 is 11.7 Å². The lowest BCUT2D eigenvalue weighted by molar-refractivity contribution is -0.715. The number of aliphatic imine (C=N–C) groups is 1. The zero-order valence-electron chi connectivity index (χ0n) is 19.3. The molecule has 1 aromatic heterocycles. The van der Waals surface area contributed by atoms with Crippen LogP contribution in [0, 0.1) is 5.82 Å². The zero-order chi connectivity index (χ0) is 23.6. The first kappa shape index (κ1) is 23.0.